The van der Waals surface area contributed by atoms with Gasteiger partial charge in [0.2, 0.25) is 0 Å². The fourth-order valence-corrected chi connectivity index (χ4v) is 2.70. The molecule has 1 heterocycles. The van der Waals surface area contributed by atoms with Gasteiger partial charge in [-0.2, -0.15) is 0 Å². The Hall–Kier alpha value is -1.03. The van der Waals surface area contributed by atoms with E-state index in [1.54, 1.807) is 0 Å². The van der Waals surface area contributed by atoms with E-state index in [0.29, 0.717) is 16.5 Å². The van der Waals surface area contributed by atoms with Gasteiger partial charge >= 0.3 is 0 Å². The summed E-state index contributed by atoms with van der Waals surface area (Å²) in [6.07, 6.45) is 4.51. The summed E-state index contributed by atoms with van der Waals surface area (Å²) in [7, 11) is 1.92. The monoisotopic (exact) mass is 297 g/mol. The largest absolute Gasteiger partial charge is 0.334 e. The van der Waals surface area contributed by atoms with Crippen LogP contribution in [0.15, 0.2) is 30.6 Å². The molecule has 0 spiro atoms. The third-order valence-corrected chi connectivity index (χ3v) is 3.93. The second-order valence-electron chi connectivity index (χ2n) is 4.32. The van der Waals surface area contributed by atoms with Crippen LogP contribution in [-0.4, -0.2) is 16.6 Å². The Labute approximate surface area is 123 Å². The number of nitrogens with one attached hydrogen (secondary N) is 1. The lowest BCUT2D eigenvalue weighted by Crippen LogP contribution is -2.23. The van der Waals surface area contributed by atoms with Crippen LogP contribution in [0, 0.1) is 0 Å². The second-order valence-corrected chi connectivity index (χ2v) is 5.13. The summed E-state index contributed by atoms with van der Waals surface area (Å²) in [5.74, 6) is 1.00. The van der Waals surface area contributed by atoms with Crippen LogP contribution in [0.5, 0.6) is 0 Å². The summed E-state index contributed by atoms with van der Waals surface area (Å²) in [6.45, 7) is 2.99. The highest BCUT2D eigenvalue weighted by Gasteiger charge is 2.18. The average molecular weight is 298 g/mol. The molecule has 1 unspecified atom stereocenters. The van der Waals surface area contributed by atoms with Crippen molar-refractivity contribution >= 4 is 23.2 Å². The molecule has 0 amide bonds. The topological polar surface area (TPSA) is 29.9 Å². The minimum absolute atomic E-state index is 0.0901. The number of aryl methyl sites for hydroxylation is 1. The van der Waals surface area contributed by atoms with Crippen molar-refractivity contribution < 1.29 is 0 Å². The summed E-state index contributed by atoms with van der Waals surface area (Å²) in [5.41, 5.74) is 0.954. The van der Waals surface area contributed by atoms with Crippen molar-refractivity contribution in [2.24, 2.45) is 0 Å². The molecular formula is C14H17Cl2N3. The molecule has 0 saturated heterocycles. The van der Waals surface area contributed by atoms with Crippen LogP contribution in [0.4, 0.5) is 0 Å². The van der Waals surface area contributed by atoms with E-state index in [1.807, 2.05) is 37.6 Å². The number of likely N-dealkylation sites (N-methyl/N-ethyl adjacent to an activating group) is 1. The highest BCUT2D eigenvalue weighted by molar-refractivity contribution is 6.36. The third kappa shape index (κ3) is 3.11. The molecule has 1 atom stereocenters. The maximum Gasteiger partial charge on any atom is 0.126 e. The van der Waals surface area contributed by atoms with E-state index >= 15 is 0 Å². The zero-order valence-electron chi connectivity index (χ0n) is 11.0. The molecule has 1 aromatic heterocycles. The highest BCUT2D eigenvalue weighted by Crippen LogP contribution is 2.28. The zero-order chi connectivity index (χ0) is 13.8. The Morgan fingerprint density at radius 2 is 2.00 bits per heavy atom. The van der Waals surface area contributed by atoms with E-state index in [0.717, 1.165) is 17.9 Å². The van der Waals surface area contributed by atoms with Gasteiger partial charge in [0.1, 0.15) is 5.82 Å². The third-order valence-electron chi connectivity index (χ3n) is 3.22. The molecule has 5 heteroatoms. The van der Waals surface area contributed by atoms with Gasteiger partial charge < -0.3 is 9.88 Å². The van der Waals surface area contributed by atoms with E-state index in [1.165, 1.54) is 0 Å². The first-order valence-electron chi connectivity index (χ1n) is 6.28. The Balaban J connectivity index is 2.29. The first-order chi connectivity index (χ1) is 9.17. The number of halogens is 2. The van der Waals surface area contributed by atoms with E-state index in [9.17, 15) is 0 Å². The summed E-state index contributed by atoms with van der Waals surface area (Å²) in [4.78, 5) is 4.43. The van der Waals surface area contributed by atoms with Crippen molar-refractivity contribution in [1.82, 2.24) is 14.9 Å². The molecule has 0 aliphatic rings. The normalized spacial score (nSPS) is 12.6. The van der Waals surface area contributed by atoms with Gasteiger partial charge in [0.25, 0.3) is 0 Å². The van der Waals surface area contributed by atoms with Gasteiger partial charge in [-0.3, -0.25) is 0 Å². The van der Waals surface area contributed by atoms with E-state index in [4.69, 9.17) is 23.2 Å². The number of nitrogens with zero attached hydrogens (tertiary/aromatic N) is 2. The van der Waals surface area contributed by atoms with Crippen molar-refractivity contribution in [2.45, 2.75) is 25.9 Å². The second kappa shape index (κ2) is 6.42. The fourth-order valence-electron chi connectivity index (χ4n) is 2.15. The van der Waals surface area contributed by atoms with Gasteiger partial charge in [-0.05, 0) is 38.1 Å². The van der Waals surface area contributed by atoms with E-state index in [2.05, 4.69) is 21.8 Å². The number of aromatic nitrogens is 2. The van der Waals surface area contributed by atoms with Crippen LogP contribution in [0.1, 0.15) is 24.4 Å². The summed E-state index contributed by atoms with van der Waals surface area (Å²) >= 11 is 12.5. The van der Waals surface area contributed by atoms with Gasteiger partial charge in [-0.15, -0.1) is 0 Å². The maximum atomic E-state index is 6.23. The van der Waals surface area contributed by atoms with Gasteiger partial charge in [0, 0.05) is 29.0 Å². The maximum absolute atomic E-state index is 6.23. The minimum atomic E-state index is 0.0901. The zero-order valence-corrected chi connectivity index (χ0v) is 12.5. The first-order valence-corrected chi connectivity index (χ1v) is 7.04. The van der Waals surface area contributed by atoms with Crippen LogP contribution < -0.4 is 5.32 Å². The molecule has 0 aliphatic carbocycles. The predicted octanol–water partition coefficient (Wildman–Crippen LogP) is 3.71. The standard InChI is InChI=1S/C14H17Cl2N3/c1-3-19-8-7-18-14(19)13(17-2)9-10-11(15)5-4-6-12(10)16/h4-8,13,17H,3,9H2,1-2H3. The molecule has 1 N–H and O–H groups in total. The van der Waals surface area contributed by atoms with Crippen LogP contribution in [-0.2, 0) is 13.0 Å². The SMILES string of the molecule is CCn1ccnc1C(Cc1c(Cl)cccc1Cl)NC. The summed E-state index contributed by atoms with van der Waals surface area (Å²) in [5, 5.41) is 4.67. The molecular weight excluding hydrogens is 281 g/mol. The van der Waals surface area contributed by atoms with E-state index < -0.39 is 0 Å². The van der Waals surface area contributed by atoms with Gasteiger partial charge in [0.15, 0.2) is 0 Å². The Morgan fingerprint density at radius 3 is 2.58 bits per heavy atom. The molecule has 1 aromatic carbocycles. The average Bonchev–Trinajstić information content (AvgIpc) is 2.87. The number of benzene rings is 1. The van der Waals surface area contributed by atoms with Gasteiger partial charge in [-0.1, -0.05) is 29.3 Å². The Morgan fingerprint density at radius 1 is 1.32 bits per heavy atom. The molecule has 2 rings (SSSR count). The van der Waals surface area contributed by atoms with Crippen molar-refractivity contribution in [1.29, 1.82) is 0 Å². The van der Waals surface area contributed by atoms with Crippen LogP contribution in [0.25, 0.3) is 0 Å². The van der Waals surface area contributed by atoms with Crippen molar-refractivity contribution in [3.63, 3.8) is 0 Å². The van der Waals surface area contributed by atoms with Crippen molar-refractivity contribution in [2.75, 3.05) is 7.05 Å². The number of imidazole rings is 1. The molecule has 0 aliphatic heterocycles. The molecule has 19 heavy (non-hydrogen) atoms. The quantitative estimate of drug-likeness (QED) is 0.912. The summed E-state index contributed by atoms with van der Waals surface area (Å²) in [6, 6.07) is 5.67. The number of rotatable bonds is 5. The number of hydrogen-bond donors (Lipinski definition) is 1. The van der Waals surface area contributed by atoms with Gasteiger partial charge in [-0.25, -0.2) is 4.98 Å². The lowest BCUT2D eigenvalue weighted by Gasteiger charge is -2.18. The highest BCUT2D eigenvalue weighted by atomic mass is 35.5. The van der Waals surface area contributed by atoms with Crippen LogP contribution in [0.2, 0.25) is 10.0 Å². The summed E-state index contributed by atoms with van der Waals surface area (Å²) < 4.78 is 2.12. The molecule has 2 aromatic rings. The van der Waals surface area contributed by atoms with Crippen molar-refractivity contribution in [3.05, 3.63) is 52.0 Å². The molecule has 0 bridgehead atoms. The van der Waals surface area contributed by atoms with E-state index in [-0.39, 0.29) is 6.04 Å². The smallest absolute Gasteiger partial charge is 0.126 e. The lowest BCUT2D eigenvalue weighted by atomic mass is 10.1. The van der Waals surface area contributed by atoms with Crippen molar-refractivity contribution in [3.8, 4) is 0 Å². The molecule has 102 valence electrons. The first kappa shape index (κ1) is 14.4. The molecule has 0 fully saturated rings. The molecule has 0 saturated carbocycles. The Bertz CT molecular complexity index is 531. The molecule has 0 radical (unpaired) electrons. The van der Waals surface area contributed by atoms with Crippen LogP contribution in [0.3, 0.4) is 0 Å². The molecule has 3 nitrogen and oxygen atoms in total. The lowest BCUT2D eigenvalue weighted by molar-refractivity contribution is 0.523. The predicted molar refractivity (Wildman–Crippen MR) is 79.9 cm³/mol. The Kier molecular flexibility index (Phi) is 4.86. The van der Waals surface area contributed by atoms with Crippen LogP contribution >= 0.6 is 23.2 Å². The fraction of sp³-hybridized carbons (Fsp3) is 0.357. The number of hydrogen-bond acceptors (Lipinski definition) is 2. The minimum Gasteiger partial charge on any atom is -0.334 e. The van der Waals surface area contributed by atoms with Gasteiger partial charge in [0.05, 0.1) is 6.04 Å².